The number of ketones is 1. The molecule has 0 bridgehead atoms. The van der Waals surface area contributed by atoms with E-state index in [-0.39, 0.29) is 12.2 Å². The zero-order valence-electron chi connectivity index (χ0n) is 12.2. The number of nitrogens with zero attached hydrogens (tertiary/aromatic N) is 1. The number of aryl methyl sites for hydroxylation is 2. The number of nitrogens with one attached hydrogen (secondary N) is 1. The third kappa shape index (κ3) is 4.20. The van der Waals surface area contributed by atoms with Crippen molar-refractivity contribution >= 4 is 28.8 Å². The first-order chi connectivity index (χ1) is 10.1. The van der Waals surface area contributed by atoms with Gasteiger partial charge in [0.2, 0.25) is 0 Å². The van der Waals surface area contributed by atoms with E-state index in [0.29, 0.717) is 10.6 Å². The highest BCUT2D eigenvalue weighted by Crippen LogP contribution is 2.15. The predicted molar refractivity (Wildman–Crippen MR) is 90.0 cm³/mol. The molecule has 0 saturated carbocycles. The number of aromatic nitrogens is 1. The van der Waals surface area contributed by atoms with Crippen molar-refractivity contribution in [1.29, 1.82) is 0 Å². The number of Topliss-reactive ketones (excluding diaryl/α,β-unsaturated/α-hetero) is 1. The van der Waals surface area contributed by atoms with E-state index >= 15 is 0 Å². The molecule has 21 heavy (non-hydrogen) atoms. The first-order valence-electron chi connectivity index (χ1n) is 6.94. The summed E-state index contributed by atoms with van der Waals surface area (Å²) in [5.41, 5.74) is 2.69. The molecule has 0 atom stereocenters. The monoisotopic (exact) mass is 298 g/mol. The van der Waals surface area contributed by atoms with Crippen LogP contribution in [0.2, 0.25) is 0 Å². The maximum atomic E-state index is 12.1. The molecule has 0 unspecified atom stereocenters. The van der Waals surface area contributed by atoms with E-state index < -0.39 is 0 Å². The zero-order valence-corrected chi connectivity index (χ0v) is 13.0. The molecule has 0 aliphatic rings. The second-order valence-electron chi connectivity index (χ2n) is 4.83. The van der Waals surface area contributed by atoms with Crippen LogP contribution in [0.3, 0.4) is 0 Å². The molecule has 1 N–H and O–H groups in total. The topological polar surface area (TPSA) is 42.0 Å². The molecular weight excluding hydrogens is 280 g/mol. The van der Waals surface area contributed by atoms with E-state index in [4.69, 9.17) is 12.2 Å². The fourth-order valence-electron chi connectivity index (χ4n) is 2.03. The first kappa shape index (κ1) is 15.3. The van der Waals surface area contributed by atoms with Crippen LogP contribution >= 0.6 is 12.2 Å². The summed E-state index contributed by atoms with van der Waals surface area (Å²) in [4.78, 5) is 17.1. The third-order valence-electron chi connectivity index (χ3n) is 3.17. The van der Waals surface area contributed by atoms with Crippen LogP contribution < -0.4 is 5.32 Å². The molecule has 1 heterocycles. The molecule has 0 saturated heterocycles. The number of thiocarbonyl (C=S) groups is 1. The van der Waals surface area contributed by atoms with E-state index in [9.17, 15) is 4.79 Å². The molecule has 4 heteroatoms. The van der Waals surface area contributed by atoms with Crippen LogP contribution in [0, 0.1) is 6.92 Å². The van der Waals surface area contributed by atoms with Crippen molar-refractivity contribution in [3.05, 3.63) is 59.3 Å². The fraction of sp³-hybridized carbons (Fsp3) is 0.235. The molecule has 1 aromatic carbocycles. The molecule has 0 fully saturated rings. The summed E-state index contributed by atoms with van der Waals surface area (Å²) in [6, 6.07) is 13.2. The summed E-state index contributed by atoms with van der Waals surface area (Å²) >= 11 is 5.29. The SMILES string of the molecule is CCc1ccc(C)nc1NC(=S)CC(=O)c1ccccc1. The van der Waals surface area contributed by atoms with E-state index in [1.165, 1.54) is 0 Å². The Morgan fingerprint density at radius 2 is 1.90 bits per heavy atom. The van der Waals surface area contributed by atoms with Gasteiger partial charge in [0.1, 0.15) is 5.82 Å². The Labute approximate surface area is 130 Å². The minimum Gasteiger partial charge on any atom is -0.334 e. The Morgan fingerprint density at radius 3 is 2.57 bits per heavy atom. The molecule has 2 aromatic rings. The summed E-state index contributed by atoms with van der Waals surface area (Å²) in [7, 11) is 0. The van der Waals surface area contributed by atoms with Gasteiger partial charge in [0.25, 0.3) is 0 Å². The lowest BCUT2D eigenvalue weighted by Gasteiger charge is -2.11. The summed E-state index contributed by atoms with van der Waals surface area (Å²) in [6.45, 7) is 4.00. The first-order valence-corrected chi connectivity index (χ1v) is 7.35. The highest BCUT2D eigenvalue weighted by molar-refractivity contribution is 7.80. The molecule has 0 aliphatic carbocycles. The maximum absolute atomic E-state index is 12.1. The van der Waals surface area contributed by atoms with Crippen LogP contribution in [-0.2, 0) is 6.42 Å². The largest absolute Gasteiger partial charge is 0.334 e. The van der Waals surface area contributed by atoms with Gasteiger partial charge in [-0.05, 0) is 25.0 Å². The van der Waals surface area contributed by atoms with Crippen molar-refractivity contribution in [2.24, 2.45) is 0 Å². The average Bonchev–Trinajstić information content (AvgIpc) is 2.48. The van der Waals surface area contributed by atoms with Gasteiger partial charge in [0.05, 0.1) is 11.4 Å². The molecule has 3 nitrogen and oxygen atoms in total. The van der Waals surface area contributed by atoms with Gasteiger partial charge in [0, 0.05) is 11.3 Å². The Bertz CT molecular complexity index is 653. The summed E-state index contributed by atoms with van der Waals surface area (Å²) in [5, 5.41) is 3.10. The second-order valence-corrected chi connectivity index (χ2v) is 5.32. The Morgan fingerprint density at radius 1 is 1.19 bits per heavy atom. The van der Waals surface area contributed by atoms with Gasteiger partial charge < -0.3 is 5.32 Å². The minimum absolute atomic E-state index is 0.0128. The van der Waals surface area contributed by atoms with Gasteiger partial charge in [-0.15, -0.1) is 0 Å². The molecule has 2 rings (SSSR count). The number of pyridine rings is 1. The molecular formula is C17H18N2OS. The highest BCUT2D eigenvalue weighted by Gasteiger charge is 2.11. The van der Waals surface area contributed by atoms with Gasteiger partial charge in [-0.2, -0.15) is 0 Å². The number of carbonyl (C=O) groups is 1. The molecule has 108 valence electrons. The molecule has 1 aromatic heterocycles. The summed E-state index contributed by atoms with van der Waals surface area (Å²) in [6.07, 6.45) is 1.06. The fourth-order valence-corrected chi connectivity index (χ4v) is 2.26. The van der Waals surface area contributed by atoms with Crippen LogP contribution in [0.25, 0.3) is 0 Å². The van der Waals surface area contributed by atoms with Crippen LogP contribution in [0.15, 0.2) is 42.5 Å². The highest BCUT2D eigenvalue weighted by atomic mass is 32.1. The number of rotatable bonds is 5. The van der Waals surface area contributed by atoms with Gasteiger partial charge in [0.15, 0.2) is 5.78 Å². The normalized spacial score (nSPS) is 10.2. The van der Waals surface area contributed by atoms with Gasteiger partial charge in [-0.25, -0.2) is 4.98 Å². The Balaban J connectivity index is 2.05. The van der Waals surface area contributed by atoms with Crippen molar-refractivity contribution < 1.29 is 4.79 Å². The van der Waals surface area contributed by atoms with E-state index in [1.54, 1.807) is 12.1 Å². The number of anilines is 1. The Hall–Kier alpha value is -2.07. The van der Waals surface area contributed by atoms with Crippen molar-refractivity contribution in [2.75, 3.05) is 5.32 Å². The lowest BCUT2D eigenvalue weighted by molar-refractivity contribution is 0.100. The smallest absolute Gasteiger partial charge is 0.169 e. The lowest BCUT2D eigenvalue weighted by Crippen LogP contribution is -2.16. The van der Waals surface area contributed by atoms with Crippen LogP contribution in [0.5, 0.6) is 0 Å². The maximum Gasteiger partial charge on any atom is 0.169 e. The van der Waals surface area contributed by atoms with Crippen molar-refractivity contribution in [3.8, 4) is 0 Å². The third-order valence-corrected chi connectivity index (χ3v) is 3.42. The summed E-state index contributed by atoms with van der Waals surface area (Å²) in [5.74, 6) is 0.766. The molecule has 0 aliphatic heterocycles. The average molecular weight is 298 g/mol. The van der Waals surface area contributed by atoms with Crippen molar-refractivity contribution in [1.82, 2.24) is 4.98 Å². The van der Waals surface area contributed by atoms with Gasteiger partial charge in [-0.3, -0.25) is 4.79 Å². The van der Waals surface area contributed by atoms with Crippen molar-refractivity contribution in [2.45, 2.75) is 26.7 Å². The van der Waals surface area contributed by atoms with Crippen LogP contribution in [0.1, 0.15) is 35.0 Å². The van der Waals surface area contributed by atoms with Crippen LogP contribution in [-0.4, -0.2) is 15.8 Å². The number of hydrogen-bond acceptors (Lipinski definition) is 3. The number of carbonyl (C=O) groups excluding carboxylic acids is 1. The number of hydrogen-bond donors (Lipinski definition) is 1. The Kier molecular flexibility index (Phi) is 5.17. The minimum atomic E-state index is 0.0128. The zero-order chi connectivity index (χ0) is 15.2. The predicted octanol–water partition coefficient (Wildman–Crippen LogP) is 3.96. The quantitative estimate of drug-likeness (QED) is 0.670. The van der Waals surface area contributed by atoms with Gasteiger partial charge >= 0.3 is 0 Å². The molecule has 0 spiro atoms. The summed E-state index contributed by atoms with van der Waals surface area (Å²) < 4.78 is 0. The lowest BCUT2D eigenvalue weighted by atomic mass is 10.1. The molecule has 0 radical (unpaired) electrons. The van der Waals surface area contributed by atoms with E-state index in [2.05, 4.69) is 17.2 Å². The van der Waals surface area contributed by atoms with Crippen LogP contribution in [0.4, 0.5) is 5.82 Å². The molecule has 0 amide bonds. The van der Waals surface area contributed by atoms with Crippen molar-refractivity contribution in [3.63, 3.8) is 0 Å². The standard InChI is InChI=1S/C17H18N2OS/c1-3-13-10-9-12(2)18-17(13)19-16(21)11-15(20)14-7-5-4-6-8-14/h4-10H,3,11H2,1-2H3,(H,18,19,21). The number of benzene rings is 1. The van der Waals surface area contributed by atoms with E-state index in [0.717, 1.165) is 23.5 Å². The van der Waals surface area contributed by atoms with Gasteiger partial charge in [-0.1, -0.05) is 55.5 Å². The van der Waals surface area contributed by atoms with E-state index in [1.807, 2.05) is 37.3 Å². The second kappa shape index (κ2) is 7.09.